The van der Waals surface area contributed by atoms with Crippen LogP contribution in [0.3, 0.4) is 0 Å². The third-order valence-corrected chi connectivity index (χ3v) is 3.75. The minimum atomic E-state index is 0.181. The fourth-order valence-electron chi connectivity index (χ4n) is 2.22. The van der Waals surface area contributed by atoms with Crippen molar-refractivity contribution in [2.45, 2.75) is 65.1 Å². The van der Waals surface area contributed by atoms with Crippen molar-refractivity contribution >= 4 is 0 Å². The normalized spacial score (nSPS) is 29.8. The van der Waals surface area contributed by atoms with Crippen LogP contribution >= 0.6 is 0 Å². The second-order valence-electron chi connectivity index (χ2n) is 5.57. The lowest BCUT2D eigenvalue weighted by atomic mass is 9.64. The Bertz CT molecular complexity index is 206. The second-order valence-corrected chi connectivity index (χ2v) is 5.57. The molecule has 3 nitrogen and oxygen atoms in total. The second kappa shape index (κ2) is 5.99. The van der Waals surface area contributed by atoms with Crippen molar-refractivity contribution in [3.05, 3.63) is 0 Å². The molecule has 1 saturated carbocycles. The molecule has 1 aliphatic carbocycles. The molecule has 2 N–H and O–H groups in total. The Morgan fingerprint density at radius 3 is 2.69 bits per heavy atom. The summed E-state index contributed by atoms with van der Waals surface area (Å²) >= 11 is 0. The highest BCUT2D eigenvalue weighted by molar-refractivity contribution is 5.03. The largest absolute Gasteiger partial charge is 0.395 e. The predicted molar refractivity (Wildman–Crippen MR) is 66.5 cm³/mol. The zero-order valence-electron chi connectivity index (χ0n) is 11.1. The summed E-state index contributed by atoms with van der Waals surface area (Å²) in [5.41, 5.74) is 0.192. The zero-order chi connectivity index (χ0) is 12.2. The molecule has 0 aromatic heterocycles. The van der Waals surface area contributed by atoms with Crippen LogP contribution in [0.5, 0.6) is 0 Å². The van der Waals surface area contributed by atoms with Gasteiger partial charge in [0, 0.05) is 24.1 Å². The third kappa shape index (κ3) is 3.19. The monoisotopic (exact) mass is 229 g/mol. The smallest absolute Gasteiger partial charge is 0.0655 e. The van der Waals surface area contributed by atoms with Gasteiger partial charge in [-0.2, -0.15) is 0 Å². The Kier molecular flexibility index (Phi) is 5.22. The van der Waals surface area contributed by atoms with E-state index in [0.717, 1.165) is 19.4 Å². The average Bonchev–Trinajstić information content (AvgIpc) is 2.26. The molecule has 3 heteroatoms. The number of hydrogen-bond acceptors (Lipinski definition) is 3. The van der Waals surface area contributed by atoms with Gasteiger partial charge in [-0.15, -0.1) is 0 Å². The van der Waals surface area contributed by atoms with E-state index in [1.54, 1.807) is 0 Å². The van der Waals surface area contributed by atoms with Crippen molar-refractivity contribution in [1.82, 2.24) is 5.32 Å². The molecule has 3 unspecified atom stereocenters. The van der Waals surface area contributed by atoms with Crippen LogP contribution < -0.4 is 5.32 Å². The van der Waals surface area contributed by atoms with Gasteiger partial charge in [-0.3, -0.25) is 0 Å². The van der Waals surface area contributed by atoms with Crippen LogP contribution in [0.15, 0.2) is 0 Å². The minimum absolute atomic E-state index is 0.181. The molecule has 0 aromatic rings. The molecule has 0 aliphatic heterocycles. The van der Waals surface area contributed by atoms with Crippen molar-refractivity contribution in [2.24, 2.45) is 5.41 Å². The van der Waals surface area contributed by atoms with Crippen molar-refractivity contribution in [3.63, 3.8) is 0 Å². The lowest BCUT2D eigenvalue weighted by Gasteiger charge is -2.52. The van der Waals surface area contributed by atoms with Gasteiger partial charge in [-0.05, 0) is 19.8 Å². The molecule has 0 amide bonds. The fraction of sp³-hybridized carbons (Fsp3) is 1.00. The molecule has 0 bridgehead atoms. The van der Waals surface area contributed by atoms with E-state index in [1.165, 1.54) is 6.42 Å². The van der Waals surface area contributed by atoms with Crippen LogP contribution in [-0.2, 0) is 4.74 Å². The molecule has 1 fully saturated rings. The highest BCUT2D eigenvalue weighted by Crippen LogP contribution is 2.43. The molecule has 3 atom stereocenters. The molecule has 0 heterocycles. The van der Waals surface area contributed by atoms with Crippen LogP contribution in [-0.4, -0.2) is 36.5 Å². The maximum absolute atomic E-state index is 9.02. The van der Waals surface area contributed by atoms with Crippen molar-refractivity contribution in [3.8, 4) is 0 Å². The lowest BCUT2D eigenvalue weighted by Crippen LogP contribution is -2.62. The SMILES string of the molecule is CCCCOC1CC(NC(C)CO)C1(C)C. The summed E-state index contributed by atoms with van der Waals surface area (Å²) in [7, 11) is 0. The Hall–Kier alpha value is -0.120. The van der Waals surface area contributed by atoms with Crippen LogP contribution in [0.1, 0.15) is 47.0 Å². The number of aliphatic hydroxyl groups excluding tert-OH is 1. The highest BCUT2D eigenvalue weighted by atomic mass is 16.5. The summed E-state index contributed by atoms with van der Waals surface area (Å²) in [6.45, 7) is 9.77. The highest BCUT2D eigenvalue weighted by Gasteiger charge is 2.48. The van der Waals surface area contributed by atoms with Crippen molar-refractivity contribution in [2.75, 3.05) is 13.2 Å². The Morgan fingerprint density at radius 1 is 1.50 bits per heavy atom. The molecular formula is C13H27NO2. The van der Waals surface area contributed by atoms with Crippen LogP contribution in [0.2, 0.25) is 0 Å². The fourth-order valence-corrected chi connectivity index (χ4v) is 2.22. The van der Waals surface area contributed by atoms with Gasteiger partial charge in [-0.1, -0.05) is 27.2 Å². The van der Waals surface area contributed by atoms with Crippen molar-refractivity contribution < 1.29 is 9.84 Å². The molecule has 0 aromatic carbocycles. The number of hydrogen-bond donors (Lipinski definition) is 2. The first kappa shape index (κ1) is 13.9. The molecule has 96 valence electrons. The van der Waals surface area contributed by atoms with Crippen molar-refractivity contribution in [1.29, 1.82) is 0 Å². The number of ether oxygens (including phenoxy) is 1. The maximum Gasteiger partial charge on any atom is 0.0655 e. The van der Waals surface area contributed by atoms with Gasteiger partial charge in [0.15, 0.2) is 0 Å². The summed E-state index contributed by atoms with van der Waals surface area (Å²) in [6.07, 6.45) is 3.79. The molecule has 16 heavy (non-hydrogen) atoms. The lowest BCUT2D eigenvalue weighted by molar-refractivity contribution is -0.120. The quantitative estimate of drug-likeness (QED) is 0.656. The van der Waals surface area contributed by atoms with E-state index in [1.807, 2.05) is 6.92 Å². The third-order valence-electron chi connectivity index (χ3n) is 3.75. The summed E-state index contributed by atoms with van der Waals surface area (Å²) < 4.78 is 5.88. The number of rotatable bonds is 7. The molecule has 1 aliphatic rings. The van der Waals surface area contributed by atoms with Crippen LogP contribution in [0.25, 0.3) is 0 Å². The summed E-state index contributed by atoms with van der Waals surface area (Å²) in [5, 5.41) is 12.5. The molecule has 0 radical (unpaired) electrons. The van der Waals surface area contributed by atoms with Crippen LogP contribution in [0, 0.1) is 5.41 Å². The van der Waals surface area contributed by atoms with Gasteiger partial charge in [0.05, 0.1) is 12.7 Å². The Balaban J connectivity index is 2.29. The van der Waals surface area contributed by atoms with E-state index < -0.39 is 0 Å². The standard InChI is InChI=1S/C13H27NO2/c1-5-6-7-16-12-8-11(13(12,3)4)14-10(2)9-15/h10-12,14-15H,5-9H2,1-4H3. The number of unbranched alkanes of at least 4 members (excludes halogenated alkanes) is 1. The van der Waals surface area contributed by atoms with Crippen LogP contribution in [0.4, 0.5) is 0 Å². The first-order valence-corrected chi connectivity index (χ1v) is 6.50. The van der Waals surface area contributed by atoms with Gasteiger partial charge in [0.1, 0.15) is 0 Å². The molecule has 0 spiro atoms. The van der Waals surface area contributed by atoms with Gasteiger partial charge in [-0.25, -0.2) is 0 Å². The minimum Gasteiger partial charge on any atom is -0.395 e. The number of nitrogens with one attached hydrogen (secondary N) is 1. The molecular weight excluding hydrogens is 202 g/mol. The summed E-state index contributed by atoms with van der Waals surface area (Å²) in [4.78, 5) is 0. The first-order chi connectivity index (χ1) is 7.52. The van der Waals surface area contributed by atoms with Gasteiger partial charge < -0.3 is 15.2 Å². The summed E-state index contributed by atoms with van der Waals surface area (Å²) in [6, 6.07) is 0.655. The average molecular weight is 229 g/mol. The van der Waals surface area contributed by atoms with E-state index in [4.69, 9.17) is 9.84 Å². The van der Waals surface area contributed by atoms with E-state index >= 15 is 0 Å². The molecule has 0 saturated heterocycles. The number of aliphatic hydroxyl groups is 1. The van der Waals surface area contributed by atoms with E-state index in [0.29, 0.717) is 12.1 Å². The van der Waals surface area contributed by atoms with E-state index in [-0.39, 0.29) is 18.1 Å². The zero-order valence-corrected chi connectivity index (χ0v) is 11.1. The summed E-state index contributed by atoms with van der Waals surface area (Å²) in [5.74, 6) is 0. The Labute approximate surface area is 99.6 Å². The molecule has 1 rings (SSSR count). The maximum atomic E-state index is 9.02. The van der Waals surface area contributed by atoms with E-state index in [2.05, 4.69) is 26.1 Å². The predicted octanol–water partition coefficient (Wildman–Crippen LogP) is 1.94. The van der Waals surface area contributed by atoms with Gasteiger partial charge >= 0.3 is 0 Å². The van der Waals surface area contributed by atoms with Gasteiger partial charge in [0.2, 0.25) is 0 Å². The Morgan fingerprint density at radius 2 is 2.19 bits per heavy atom. The topological polar surface area (TPSA) is 41.5 Å². The first-order valence-electron chi connectivity index (χ1n) is 6.50. The van der Waals surface area contributed by atoms with E-state index in [9.17, 15) is 0 Å². The van der Waals surface area contributed by atoms with Gasteiger partial charge in [0.25, 0.3) is 0 Å².